The van der Waals surface area contributed by atoms with Gasteiger partial charge in [0.15, 0.2) is 0 Å². The third-order valence-electron chi connectivity index (χ3n) is 3.70. The Bertz CT molecular complexity index is 198. The van der Waals surface area contributed by atoms with Gasteiger partial charge in [-0.3, -0.25) is 0 Å². The Morgan fingerprint density at radius 3 is 2.44 bits per heavy atom. The van der Waals surface area contributed by atoms with E-state index in [0.717, 1.165) is 51.1 Å². The quantitative estimate of drug-likeness (QED) is 0.753. The zero-order valence-corrected chi connectivity index (χ0v) is 10.9. The Morgan fingerprint density at radius 1 is 1.38 bits per heavy atom. The number of likely N-dealkylation sites (N-methyl/N-ethyl adjacent to an activating group) is 1. The molecule has 0 aromatic heterocycles. The summed E-state index contributed by atoms with van der Waals surface area (Å²) in [6.07, 6.45) is 4.66. The second kappa shape index (κ2) is 5.99. The largest absolute Gasteiger partial charge is 0.393 e. The fraction of sp³-hybridized carbons (Fsp3) is 1.00. The van der Waals surface area contributed by atoms with Crippen molar-refractivity contribution in [3.05, 3.63) is 0 Å². The minimum atomic E-state index is -0.486. The lowest BCUT2D eigenvalue weighted by atomic mass is 9.79. The van der Waals surface area contributed by atoms with Crippen LogP contribution in [0, 0.1) is 5.92 Å². The molecule has 1 aliphatic rings. The average Bonchev–Trinajstić information content (AvgIpc) is 2.20. The SMILES string of the molecule is CC(O)CCN(C)CC1(O)CCC(C)CC1. The van der Waals surface area contributed by atoms with Crippen molar-refractivity contribution in [3.63, 3.8) is 0 Å². The molecule has 1 saturated carbocycles. The van der Waals surface area contributed by atoms with Crippen molar-refractivity contribution >= 4 is 0 Å². The van der Waals surface area contributed by atoms with Gasteiger partial charge in [0.1, 0.15) is 0 Å². The lowest BCUT2D eigenvalue weighted by molar-refractivity contribution is -0.0316. The summed E-state index contributed by atoms with van der Waals surface area (Å²) >= 11 is 0. The monoisotopic (exact) mass is 229 g/mol. The van der Waals surface area contributed by atoms with Crippen LogP contribution >= 0.6 is 0 Å². The number of hydrogen-bond acceptors (Lipinski definition) is 3. The van der Waals surface area contributed by atoms with E-state index in [2.05, 4.69) is 11.8 Å². The number of nitrogens with zero attached hydrogens (tertiary/aromatic N) is 1. The maximum atomic E-state index is 10.4. The first-order chi connectivity index (χ1) is 7.41. The summed E-state index contributed by atoms with van der Waals surface area (Å²) in [6.45, 7) is 5.67. The Kier molecular flexibility index (Phi) is 5.22. The maximum absolute atomic E-state index is 10.4. The lowest BCUT2D eigenvalue weighted by Crippen LogP contribution is -2.44. The second-order valence-corrected chi connectivity index (χ2v) is 5.78. The molecule has 1 unspecified atom stereocenters. The Labute approximate surface area is 99.5 Å². The number of aliphatic hydroxyl groups excluding tert-OH is 1. The molecule has 1 rings (SSSR count). The van der Waals surface area contributed by atoms with E-state index < -0.39 is 5.60 Å². The van der Waals surface area contributed by atoms with Crippen LogP contribution < -0.4 is 0 Å². The molecule has 0 aromatic carbocycles. The van der Waals surface area contributed by atoms with Crippen molar-refractivity contribution in [3.8, 4) is 0 Å². The Hall–Kier alpha value is -0.120. The van der Waals surface area contributed by atoms with E-state index in [1.54, 1.807) is 0 Å². The number of aliphatic hydroxyl groups is 2. The van der Waals surface area contributed by atoms with E-state index in [9.17, 15) is 10.2 Å². The summed E-state index contributed by atoms with van der Waals surface area (Å²) < 4.78 is 0. The molecule has 2 N–H and O–H groups in total. The number of rotatable bonds is 5. The molecular formula is C13H27NO2. The fourth-order valence-corrected chi connectivity index (χ4v) is 2.45. The summed E-state index contributed by atoms with van der Waals surface area (Å²) in [7, 11) is 2.03. The third-order valence-corrected chi connectivity index (χ3v) is 3.70. The van der Waals surface area contributed by atoms with E-state index in [1.165, 1.54) is 0 Å². The van der Waals surface area contributed by atoms with Gasteiger partial charge in [-0.25, -0.2) is 0 Å². The molecule has 0 bridgehead atoms. The zero-order valence-electron chi connectivity index (χ0n) is 10.9. The molecule has 0 amide bonds. The predicted molar refractivity (Wildman–Crippen MR) is 66.4 cm³/mol. The molecule has 1 fully saturated rings. The van der Waals surface area contributed by atoms with Crippen LogP contribution in [0.3, 0.4) is 0 Å². The highest BCUT2D eigenvalue weighted by atomic mass is 16.3. The van der Waals surface area contributed by atoms with Gasteiger partial charge in [-0.2, -0.15) is 0 Å². The van der Waals surface area contributed by atoms with E-state index in [-0.39, 0.29) is 6.10 Å². The molecule has 3 nitrogen and oxygen atoms in total. The first kappa shape index (κ1) is 13.9. The highest BCUT2D eigenvalue weighted by molar-refractivity contribution is 4.86. The first-order valence-electron chi connectivity index (χ1n) is 6.50. The van der Waals surface area contributed by atoms with Crippen molar-refractivity contribution in [1.29, 1.82) is 0 Å². The zero-order chi connectivity index (χ0) is 12.2. The van der Waals surface area contributed by atoms with Crippen LogP contribution in [-0.2, 0) is 0 Å². The van der Waals surface area contributed by atoms with E-state index in [1.807, 2.05) is 14.0 Å². The lowest BCUT2D eigenvalue weighted by Gasteiger charge is -2.37. The van der Waals surface area contributed by atoms with Crippen LogP contribution in [0.4, 0.5) is 0 Å². The van der Waals surface area contributed by atoms with Crippen molar-refractivity contribution in [2.75, 3.05) is 20.1 Å². The summed E-state index contributed by atoms with van der Waals surface area (Å²) in [4.78, 5) is 2.14. The molecule has 0 radical (unpaired) electrons. The van der Waals surface area contributed by atoms with Gasteiger partial charge in [0.05, 0.1) is 11.7 Å². The van der Waals surface area contributed by atoms with Gasteiger partial charge < -0.3 is 15.1 Å². The molecule has 1 aliphatic carbocycles. The van der Waals surface area contributed by atoms with Crippen LogP contribution in [-0.4, -0.2) is 47.0 Å². The summed E-state index contributed by atoms with van der Waals surface area (Å²) in [5.74, 6) is 0.767. The maximum Gasteiger partial charge on any atom is 0.0774 e. The van der Waals surface area contributed by atoms with Crippen molar-refractivity contribution in [1.82, 2.24) is 4.90 Å². The predicted octanol–water partition coefficient (Wildman–Crippen LogP) is 1.63. The van der Waals surface area contributed by atoms with Crippen LogP contribution in [0.5, 0.6) is 0 Å². The summed E-state index contributed by atoms with van der Waals surface area (Å²) in [6, 6.07) is 0. The molecular weight excluding hydrogens is 202 g/mol. The molecule has 0 spiro atoms. The van der Waals surface area contributed by atoms with E-state index in [4.69, 9.17) is 0 Å². The Balaban J connectivity index is 2.29. The normalized spacial score (nSPS) is 33.0. The standard InChI is InChI=1S/C13H27NO2/c1-11-4-7-13(16,8-5-11)10-14(3)9-6-12(2)15/h11-12,15-16H,4-10H2,1-3H3. The molecule has 16 heavy (non-hydrogen) atoms. The highest BCUT2D eigenvalue weighted by Crippen LogP contribution is 2.32. The minimum Gasteiger partial charge on any atom is -0.393 e. The van der Waals surface area contributed by atoms with Crippen molar-refractivity contribution < 1.29 is 10.2 Å². The highest BCUT2D eigenvalue weighted by Gasteiger charge is 2.32. The van der Waals surface area contributed by atoms with Crippen LogP contribution in [0.25, 0.3) is 0 Å². The molecule has 0 saturated heterocycles. The van der Waals surface area contributed by atoms with Gasteiger partial charge in [0.2, 0.25) is 0 Å². The minimum absolute atomic E-state index is 0.247. The second-order valence-electron chi connectivity index (χ2n) is 5.78. The Morgan fingerprint density at radius 2 is 1.94 bits per heavy atom. The van der Waals surface area contributed by atoms with Gasteiger partial charge in [-0.05, 0) is 52.0 Å². The average molecular weight is 229 g/mol. The van der Waals surface area contributed by atoms with Gasteiger partial charge in [-0.1, -0.05) is 6.92 Å². The summed E-state index contributed by atoms with van der Waals surface area (Å²) in [5, 5.41) is 19.6. The van der Waals surface area contributed by atoms with Gasteiger partial charge in [0.25, 0.3) is 0 Å². The van der Waals surface area contributed by atoms with Crippen LogP contribution in [0.2, 0.25) is 0 Å². The van der Waals surface area contributed by atoms with Gasteiger partial charge in [-0.15, -0.1) is 0 Å². The molecule has 1 atom stereocenters. The third kappa shape index (κ3) is 4.81. The molecule has 96 valence electrons. The van der Waals surface area contributed by atoms with Crippen LogP contribution in [0.15, 0.2) is 0 Å². The van der Waals surface area contributed by atoms with E-state index in [0.29, 0.717) is 0 Å². The molecule has 0 aliphatic heterocycles. The molecule has 0 aromatic rings. The fourth-order valence-electron chi connectivity index (χ4n) is 2.45. The topological polar surface area (TPSA) is 43.7 Å². The van der Waals surface area contributed by atoms with Gasteiger partial charge in [0, 0.05) is 13.1 Å². The van der Waals surface area contributed by atoms with Crippen molar-refractivity contribution in [2.24, 2.45) is 5.92 Å². The van der Waals surface area contributed by atoms with Crippen molar-refractivity contribution in [2.45, 2.75) is 57.7 Å². The smallest absolute Gasteiger partial charge is 0.0774 e. The van der Waals surface area contributed by atoms with Crippen LogP contribution in [0.1, 0.15) is 46.0 Å². The van der Waals surface area contributed by atoms with E-state index >= 15 is 0 Å². The van der Waals surface area contributed by atoms with Gasteiger partial charge >= 0.3 is 0 Å². The number of hydrogen-bond donors (Lipinski definition) is 2. The summed E-state index contributed by atoms with van der Waals surface area (Å²) in [5.41, 5.74) is -0.486. The molecule has 3 heteroatoms. The molecule has 0 heterocycles. The first-order valence-corrected chi connectivity index (χ1v) is 6.50.